The highest BCUT2D eigenvalue weighted by Crippen LogP contribution is 2.36. The summed E-state index contributed by atoms with van der Waals surface area (Å²) in [4.78, 5) is 6.96. The van der Waals surface area contributed by atoms with Gasteiger partial charge in [0.05, 0.1) is 15.7 Å². The molecule has 148 valence electrons. The number of benzene rings is 2. The molecule has 2 aromatic carbocycles. The van der Waals surface area contributed by atoms with Crippen molar-refractivity contribution in [1.82, 2.24) is 9.88 Å². The van der Waals surface area contributed by atoms with Crippen LogP contribution in [0.1, 0.15) is 23.2 Å². The fourth-order valence-corrected chi connectivity index (χ4v) is 4.11. The second-order valence-electron chi connectivity index (χ2n) is 7.41. The number of fused-ring (bicyclic) bond motifs is 1. The Bertz CT molecular complexity index is 1120. The van der Waals surface area contributed by atoms with Gasteiger partial charge in [-0.05, 0) is 48.8 Å². The van der Waals surface area contributed by atoms with Crippen LogP contribution in [-0.2, 0) is 6.54 Å². The molecular weight excluding hydrogens is 403 g/mol. The first-order valence-corrected chi connectivity index (χ1v) is 10.4. The first-order chi connectivity index (χ1) is 14.0. The molecule has 2 heterocycles. The number of nitrogens with zero attached hydrogens (tertiary/aromatic N) is 2. The van der Waals surface area contributed by atoms with Gasteiger partial charge in [0.15, 0.2) is 5.75 Å². The molecule has 0 spiro atoms. The van der Waals surface area contributed by atoms with Crippen LogP contribution in [0.15, 0.2) is 60.2 Å². The zero-order valence-corrected chi connectivity index (χ0v) is 17.7. The number of aromatic hydroxyl groups is 1. The number of aromatic nitrogens is 1. The summed E-state index contributed by atoms with van der Waals surface area (Å²) in [6.45, 7) is 5.07. The van der Waals surface area contributed by atoms with Crippen LogP contribution in [0, 0.1) is 6.92 Å². The molecule has 0 unspecified atom stereocenters. The molecule has 0 saturated carbocycles. The molecule has 29 heavy (non-hydrogen) atoms. The lowest BCUT2D eigenvalue weighted by Crippen LogP contribution is -2.28. The maximum atomic E-state index is 10.2. The highest BCUT2D eigenvalue weighted by atomic mass is 35.5. The van der Waals surface area contributed by atoms with E-state index in [9.17, 15) is 5.11 Å². The van der Waals surface area contributed by atoms with Crippen molar-refractivity contribution in [3.05, 3.63) is 87.1 Å². The van der Waals surface area contributed by atoms with Crippen molar-refractivity contribution in [2.24, 2.45) is 0 Å². The molecule has 4 rings (SSSR count). The van der Waals surface area contributed by atoms with Crippen molar-refractivity contribution in [2.45, 2.75) is 19.9 Å². The number of pyridine rings is 1. The molecule has 0 aliphatic carbocycles. The molecule has 1 N–H and O–H groups in total. The van der Waals surface area contributed by atoms with Crippen molar-refractivity contribution in [2.75, 3.05) is 13.1 Å². The fraction of sp³-hybridized carbons (Fsp3) is 0.208. The standard InChI is InChI=1S/C24H22Cl2N2O/c1-16-3-2-4-18(13-16)15-28-11-9-17(10-12-28)5-6-19-7-8-20-21(25)14-22(26)24(29)23(20)27-19/h2-9,13-14,29H,10-12,15H2,1H3/b6-5+. The van der Waals surface area contributed by atoms with Crippen LogP contribution in [0.25, 0.3) is 17.0 Å². The van der Waals surface area contributed by atoms with E-state index in [-0.39, 0.29) is 10.8 Å². The van der Waals surface area contributed by atoms with Crippen molar-refractivity contribution in [3.63, 3.8) is 0 Å². The minimum Gasteiger partial charge on any atom is -0.504 e. The van der Waals surface area contributed by atoms with Gasteiger partial charge in [-0.25, -0.2) is 4.98 Å². The average Bonchev–Trinajstić information content (AvgIpc) is 2.71. The molecule has 1 aliphatic heterocycles. The maximum absolute atomic E-state index is 10.2. The summed E-state index contributed by atoms with van der Waals surface area (Å²) >= 11 is 12.2. The minimum absolute atomic E-state index is 0.0370. The number of allylic oxidation sites excluding steroid dienone is 1. The summed E-state index contributed by atoms with van der Waals surface area (Å²) < 4.78 is 0. The first kappa shape index (κ1) is 20.0. The van der Waals surface area contributed by atoms with Crippen LogP contribution < -0.4 is 0 Å². The Morgan fingerprint density at radius 1 is 1.10 bits per heavy atom. The molecule has 3 aromatic rings. The van der Waals surface area contributed by atoms with Gasteiger partial charge >= 0.3 is 0 Å². The van der Waals surface area contributed by atoms with E-state index in [1.54, 1.807) is 0 Å². The molecule has 0 atom stereocenters. The number of aryl methyl sites for hydroxylation is 1. The predicted octanol–water partition coefficient (Wildman–Crippen LogP) is 6.40. The second-order valence-corrected chi connectivity index (χ2v) is 8.22. The zero-order valence-electron chi connectivity index (χ0n) is 16.2. The highest BCUT2D eigenvalue weighted by Gasteiger charge is 2.12. The van der Waals surface area contributed by atoms with E-state index in [2.05, 4.69) is 53.2 Å². The van der Waals surface area contributed by atoms with Gasteiger partial charge in [0, 0.05) is 25.0 Å². The summed E-state index contributed by atoms with van der Waals surface area (Å²) in [6, 6.07) is 14.0. The quantitative estimate of drug-likeness (QED) is 0.525. The lowest BCUT2D eigenvalue weighted by Gasteiger charge is -2.25. The Labute approximate surface area is 180 Å². The van der Waals surface area contributed by atoms with Crippen molar-refractivity contribution >= 4 is 40.2 Å². The van der Waals surface area contributed by atoms with E-state index < -0.39 is 0 Å². The van der Waals surface area contributed by atoms with Crippen molar-refractivity contribution < 1.29 is 5.11 Å². The Hall–Kier alpha value is -2.33. The van der Waals surface area contributed by atoms with Crippen LogP contribution >= 0.6 is 23.2 Å². The van der Waals surface area contributed by atoms with Gasteiger partial charge in [0.2, 0.25) is 0 Å². The Morgan fingerprint density at radius 3 is 2.72 bits per heavy atom. The van der Waals surface area contributed by atoms with Crippen LogP contribution in [-0.4, -0.2) is 28.1 Å². The van der Waals surface area contributed by atoms with Crippen LogP contribution in [0.2, 0.25) is 10.0 Å². The summed E-state index contributed by atoms with van der Waals surface area (Å²) in [5.41, 5.74) is 5.13. The van der Waals surface area contributed by atoms with Gasteiger partial charge in [-0.1, -0.05) is 65.2 Å². The second kappa shape index (κ2) is 8.58. The van der Waals surface area contributed by atoms with E-state index in [1.807, 2.05) is 18.2 Å². The van der Waals surface area contributed by atoms with Gasteiger partial charge in [0.1, 0.15) is 5.52 Å². The largest absolute Gasteiger partial charge is 0.504 e. The Kier molecular flexibility index (Phi) is 5.91. The molecule has 0 fully saturated rings. The monoisotopic (exact) mass is 424 g/mol. The summed E-state index contributed by atoms with van der Waals surface area (Å²) in [5, 5.41) is 11.6. The van der Waals surface area contributed by atoms with Crippen LogP contribution in [0.4, 0.5) is 0 Å². The number of halogens is 2. The lowest BCUT2D eigenvalue weighted by atomic mass is 10.1. The third-order valence-electron chi connectivity index (χ3n) is 5.16. The fourth-order valence-electron chi connectivity index (χ4n) is 3.59. The maximum Gasteiger partial charge on any atom is 0.160 e. The molecular formula is C24H22Cl2N2O. The molecule has 3 nitrogen and oxygen atoms in total. The van der Waals surface area contributed by atoms with Crippen LogP contribution in [0.5, 0.6) is 5.75 Å². The number of rotatable bonds is 4. The third kappa shape index (κ3) is 4.64. The molecule has 5 heteroatoms. The van der Waals surface area contributed by atoms with E-state index in [1.165, 1.54) is 22.8 Å². The normalized spacial score (nSPS) is 15.2. The molecule has 0 amide bonds. The van der Waals surface area contributed by atoms with Gasteiger partial charge < -0.3 is 5.11 Å². The van der Waals surface area contributed by atoms with Gasteiger partial charge in [-0.15, -0.1) is 0 Å². The third-order valence-corrected chi connectivity index (χ3v) is 5.76. The van der Waals surface area contributed by atoms with E-state index in [0.717, 1.165) is 31.7 Å². The van der Waals surface area contributed by atoms with Gasteiger partial charge in [-0.3, -0.25) is 4.90 Å². The number of hydrogen-bond donors (Lipinski definition) is 1. The summed E-state index contributed by atoms with van der Waals surface area (Å²) in [5.74, 6) is -0.0370. The molecule has 0 bridgehead atoms. The summed E-state index contributed by atoms with van der Waals surface area (Å²) in [7, 11) is 0. The van der Waals surface area contributed by atoms with Crippen molar-refractivity contribution in [1.29, 1.82) is 0 Å². The van der Waals surface area contributed by atoms with Crippen molar-refractivity contribution in [3.8, 4) is 5.75 Å². The Balaban J connectivity index is 1.46. The van der Waals surface area contributed by atoms with Gasteiger partial charge in [0.25, 0.3) is 0 Å². The van der Waals surface area contributed by atoms with Gasteiger partial charge in [-0.2, -0.15) is 0 Å². The topological polar surface area (TPSA) is 36.4 Å². The number of phenolic OH excluding ortho intramolecular Hbond substituents is 1. The lowest BCUT2D eigenvalue weighted by molar-refractivity contribution is 0.287. The first-order valence-electron chi connectivity index (χ1n) is 9.62. The zero-order chi connectivity index (χ0) is 20.4. The molecule has 0 saturated heterocycles. The Morgan fingerprint density at radius 2 is 1.97 bits per heavy atom. The van der Waals surface area contributed by atoms with Crippen LogP contribution in [0.3, 0.4) is 0 Å². The SMILES string of the molecule is Cc1cccc(CN2CC=C(/C=C/c3ccc4c(Cl)cc(Cl)c(O)c4n3)CC2)c1. The van der Waals surface area contributed by atoms with E-state index >= 15 is 0 Å². The smallest absolute Gasteiger partial charge is 0.160 e. The highest BCUT2D eigenvalue weighted by molar-refractivity contribution is 6.39. The number of phenols is 1. The minimum atomic E-state index is -0.0370. The molecule has 1 aliphatic rings. The van der Waals surface area contributed by atoms with E-state index in [0.29, 0.717) is 15.9 Å². The average molecular weight is 425 g/mol. The predicted molar refractivity (Wildman–Crippen MR) is 122 cm³/mol. The molecule has 1 aromatic heterocycles. The van der Waals surface area contributed by atoms with E-state index in [4.69, 9.17) is 23.2 Å². The number of hydrogen-bond acceptors (Lipinski definition) is 3. The summed E-state index contributed by atoms with van der Waals surface area (Å²) in [6.07, 6.45) is 7.33. The molecule has 0 radical (unpaired) electrons.